The van der Waals surface area contributed by atoms with E-state index in [1.807, 2.05) is 23.0 Å². The number of anilines is 1. The zero-order valence-corrected chi connectivity index (χ0v) is 12.5. The standard InChI is InChI=1S/C16H21N3O2/c1-16(2)11-12-5-3-6-13(15(12)21-16)20-10-4-8-19-9-7-14(17)18-19/h3,5-7,9H,4,8,10-11H2,1-2H3,(H2,17,18). The normalized spacial score (nSPS) is 15.5. The van der Waals surface area contributed by atoms with Gasteiger partial charge in [0.15, 0.2) is 11.5 Å². The lowest BCUT2D eigenvalue weighted by atomic mass is 10.0. The van der Waals surface area contributed by atoms with E-state index in [2.05, 4.69) is 25.0 Å². The summed E-state index contributed by atoms with van der Waals surface area (Å²) in [6.45, 7) is 5.61. The summed E-state index contributed by atoms with van der Waals surface area (Å²) in [7, 11) is 0. The molecule has 0 saturated heterocycles. The largest absolute Gasteiger partial charge is 0.490 e. The molecule has 0 saturated carbocycles. The van der Waals surface area contributed by atoms with E-state index in [-0.39, 0.29) is 5.60 Å². The molecule has 1 aromatic carbocycles. The molecule has 1 aliphatic rings. The molecule has 5 heteroatoms. The molecule has 2 N–H and O–H groups in total. The van der Waals surface area contributed by atoms with Crippen LogP contribution in [0.25, 0.3) is 0 Å². The molecule has 0 spiro atoms. The Labute approximate surface area is 124 Å². The lowest BCUT2D eigenvalue weighted by molar-refractivity contribution is 0.132. The number of hydrogen-bond donors (Lipinski definition) is 1. The molecule has 0 amide bonds. The summed E-state index contributed by atoms with van der Waals surface area (Å²) in [6.07, 6.45) is 3.67. The average Bonchev–Trinajstić information content (AvgIpc) is 2.96. The maximum Gasteiger partial charge on any atom is 0.165 e. The van der Waals surface area contributed by atoms with Crippen LogP contribution in [0, 0.1) is 0 Å². The van der Waals surface area contributed by atoms with Crippen LogP contribution >= 0.6 is 0 Å². The minimum atomic E-state index is -0.144. The van der Waals surface area contributed by atoms with Crippen LogP contribution in [0.3, 0.4) is 0 Å². The van der Waals surface area contributed by atoms with Crippen LogP contribution in [0.1, 0.15) is 25.8 Å². The Balaban J connectivity index is 1.56. The van der Waals surface area contributed by atoms with Crippen molar-refractivity contribution < 1.29 is 9.47 Å². The highest BCUT2D eigenvalue weighted by molar-refractivity contribution is 5.50. The van der Waals surface area contributed by atoms with Gasteiger partial charge in [0.25, 0.3) is 0 Å². The Morgan fingerprint density at radius 2 is 2.24 bits per heavy atom. The number of fused-ring (bicyclic) bond motifs is 1. The molecule has 0 fully saturated rings. The lowest BCUT2D eigenvalue weighted by Gasteiger charge is -2.18. The molecular formula is C16H21N3O2. The topological polar surface area (TPSA) is 62.3 Å². The molecule has 112 valence electrons. The van der Waals surface area contributed by atoms with Gasteiger partial charge in [-0.05, 0) is 26.0 Å². The van der Waals surface area contributed by atoms with E-state index in [9.17, 15) is 0 Å². The quantitative estimate of drug-likeness (QED) is 0.859. The molecule has 0 atom stereocenters. The van der Waals surface area contributed by atoms with Gasteiger partial charge < -0.3 is 15.2 Å². The number of hydrogen-bond acceptors (Lipinski definition) is 4. The molecule has 0 unspecified atom stereocenters. The molecule has 2 heterocycles. The van der Waals surface area contributed by atoms with Crippen LogP contribution in [-0.4, -0.2) is 22.0 Å². The van der Waals surface area contributed by atoms with Gasteiger partial charge in [-0.1, -0.05) is 12.1 Å². The van der Waals surface area contributed by atoms with Gasteiger partial charge in [-0.3, -0.25) is 4.68 Å². The number of aryl methyl sites for hydroxylation is 1. The fourth-order valence-electron chi connectivity index (χ4n) is 2.61. The van der Waals surface area contributed by atoms with Crippen molar-refractivity contribution in [1.29, 1.82) is 0 Å². The minimum Gasteiger partial charge on any atom is -0.490 e. The Bertz CT molecular complexity index is 634. The van der Waals surface area contributed by atoms with E-state index < -0.39 is 0 Å². The Morgan fingerprint density at radius 3 is 3.00 bits per heavy atom. The van der Waals surface area contributed by atoms with Gasteiger partial charge in [-0.15, -0.1) is 0 Å². The first-order chi connectivity index (χ1) is 10.0. The molecule has 0 bridgehead atoms. The summed E-state index contributed by atoms with van der Waals surface area (Å²) in [5, 5.41) is 4.15. The molecule has 1 aliphatic heterocycles. The molecular weight excluding hydrogens is 266 g/mol. The first kappa shape index (κ1) is 13.8. The van der Waals surface area contributed by atoms with Crippen molar-refractivity contribution in [2.45, 2.75) is 38.8 Å². The van der Waals surface area contributed by atoms with Crippen molar-refractivity contribution in [2.75, 3.05) is 12.3 Å². The maximum atomic E-state index is 5.98. The maximum absolute atomic E-state index is 5.98. The Kier molecular flexibility index (Phi) is 3.49. The van der Waals surface area contributed by atoms with Crippen molar-refractivity contribution in [3.8, 4) is 11.5 Å². The van der Waals surface area contributed by atoms with Gasteiger partial charge >= 0.3 is 0 Å². The fourth-order valence-corrected chi connectivity index (χ4v) is 2.61. The zero-order valence-electron chi connectivity index (χ0n) is 12.5. The van der Waals surface area contributed by atoms with Crippen molar-refractivity contribution in [3.63, 3.8) is 0 Å². The second kappa shape index (κ2) is 5.31. The van der Waals surface area contributed by atoms with Gasteiger partial charge in [-0.2, -0.15) is 5.10 Å². The highest BCUT2D eigenvalue weighted by Gasteiger charge is 2.32. The Hall–Kier alpha value is -2.17. The summed E-state index contributed by atoms with van der Waals surface area (Å²) in [6, 6.07) is 7.88. The number of nitrogens with two attached hydrogens (primary N) is 1. The van der Waals surface area contributed by atoms with Crippen LogP contribution in [0.15, 0.2) is 30.5 Å². The van der Waals surface area contributed by atoms with Gasteiger partial charge in [0.2, 0.25) is 0 Å². The number of para-hydroxylation sites is 1. The van der Waals surface area contributed by atoms with Crippen molar-refractivity contribution in [2.24, 2.45) is 0 Å². The Morgan fingerprint density at radius 1 is 1.38 bits per heavy atom. The molecule has 3 rings (SSSR count). The zero-order chi connectivity index (χ0) is 14.9. The van der Waals surface area contributed by atoms with Crippen LogP contribution in [-0.2, 0) is 13.0 Å². The molecule has 1 aromatic heterocycles. The predicted molar refractivity (Wildman–Crippen MR) is 81.6 cm³/mol. The highest BCUT2D eigenvalue weighted by atomic mass is 16.5. The van der Waals surface area contributed by atoms with Gasteiger partial charge in [0.05, 0.1) is 6.61 Å². The molecule has 0 aliphatic carbocycles. The third-order valence-corrected chi connectivity index (χ3v) is 3.51. The van der Waals surface area contributed by atoms with Crippen molar-refractivity contribution in [1.82, 2.24) is 9.78 Å². The molecule has 0 radical (unpaired) electrons. The van der Waals surface area contributed by atoms with Crippen molar-refractivity contribution in [3.05, 3.63) is 36.0 Å². The average molecular weight is 287 g/mol. The summed E-state index contributed by atoms with van der Waals surface area (Å²) in [5.74, 6) is 2.27. The summed E-state index contributed by atoms with van der Waals surface area (Å²) >= 11 is 0. The van der Waals surface area contributed by atoms with Crippen molar-refractivity contribution >= 4 is 5.82 Å². The minimum absolute atomic E-state index is 0.144. The molecule has 2 aromatic rings. The second-order valence-corrected chi connectivity index (χ2v) is 5.99. The number of nitrogens with zero attached hydrogens (tertiary/aromatic N) is 2. The van der Waals surface area contributed by atoms with Crippen LogP contribution in [0.2, 0.25) is 0 Å². The highest BCUT2D eigenvalue weighted by Crippen LogP contribution is 2.41. The third-order valence-electron chi connectivity index (χ3n) is 3.51. The molecule has 5 nitrogen and oxygen atoms in total. The summed E-state index contributed by atoms with van der Waals surface area (Å²) < 4.78 is 13.7. The number of benzene rings is 1. The van der Waals surface area contributed by atoms with Crippen LogP contribution in [0.4, 0.5) is 5.82 Å². The molecule has 21 heavy (non-hydrogen) atoms. The summed E-state index contributed by atoms with van der Waals surface area (Å²) in [4.78, 5) is 0. The number of ether oxygens (including phenoxy) is 2. The first-order valence-electron chi connectivity index (χ1n) is 7.26. The van der Waals surface area contributed by atoms with Crippen LogP contribution in [0.5, 0.6) is 11.5 Å². The second-order valence-electron chi connectivity index (χ2n) is 5.99. The third kappa shape index (κ3) is 3.12. The monoisotopic (exact) mass is 287 g/mol. The smallest absolute Gasteiger partial charge is 0.165 e. The van der Waals surface area contributed by atoms with Gasteiger partial charge in [0, 0.05) is 31.1 Å². The fraction of sp³-hybridized carbons (Fsp3) is 0.438. The van der Waals surface area contributed by atoms with E-state index in [0.29, 0.717) is 12.4 Å². The SMILES string of the molecule is CC1(C)Cc2cccc(OCCCn3ccc(N)n3)c2O1. The first-order valence-corrected chi connectivity index (χ1v) is 7.26. The number of aromatic nitrogens is 2. The predicted octanol–water partition coefficient (Wildman–Crippen LogP) is 2.65. The van der Waals surface area contributed by atoms with Gasteiger partial charge in [-0.25, -0.2) is 0 Å². The lowest BCUT2D eigenvalue weighted by Crippen LogP contribution is -2.24. The van der Waals surface area contributed by atoms with E-state index in [1.165, 1.54) is 5.56 Å². The van der Waals surface area contributed by atoms with E-state index >= 15 is 0 Å². The number of nitrogen functional groups attached to an aromatic ring is 1. The van der Waals surface area contributed by atoms with E-state index in [4.69, 9.17) is 15.2 Å². The van der Waals surface area contributed by atoms with E-state index in [0.717, 1.165) is 30.9 Å². The van der Waals surface area contributed by atoms with Gasteiger partial charge in [0.1, 0.15) is 11.4 Å². The summed E-state index contributed by atoms with van der Waals surface area (Å²) in [5.41, 5.74) is 6.66. The van der Waals surface area contributed by atoms with Crippen LogP contribution < -0.4 is 15.2 Å². The number of rotatable bonds is 5. The van der Waals surface area contributed by atoms with E-state index in [1.54, 1.807) is 6.07 Å².